The predicted molar refractivity (Wildman–Crippen MR) is 137 cm³/mol. The van der Waals surface area contributed by atoms with E-state index in [0.717, 1.165) is 17.2 Å². The molecule has 0 saturated carbocycles. The number of nitrogens with zero attached hydrogens (tertiary/aromatic N) is 1. The van der Waals surface area contributed by atoms with E-state index in [0.29, 0.717) is 11.3 Å². The van der Waals surface area contributed by atoms with Crippen molar-refractivity contribution in [1.29, 1.82) is 0 Å². The van der Waals surface area contributed by atoms with E-state index in [9.17, 15) is 13.6 Å². The molecule has 0 unspecified atom stereocenters. The molecule has 0 aromatic heterocycles. The summed E-state index contributed by atoms with van der Waals surface area (Å²) >= 11 is 1.69. The van der Waals surface area contributed by atoms with Gasteiger partial charge in [-0.25, -0.2) is 13.6 Å². The quantitative estimate of drug-likeness (QED) is 0.142. The number of rotatable bonds is 7. The maximum Gasteiger partial charge on any atom is 0.331 e. The highest BCUT2D eigenvalue weighted by molar-refractivity contribution is 14.1. The summed E-state index contributed by atoms with van der Waals surface area (Å²) in [6, 6.07) is 19.0. The zero-order valence-corrected chi connectivity index (χ0v) is 21.6. The zero-order valence-electron chi connectivity index (χ0n) is 19.4. The first-order valence-corrected chi connectivity index (χ1v) is 11.8. The van der Waals surface area contributed by atoms with Crippen LogP contribution >= 0.6 is 22.6 Å². The van der Waals surface area contributed by atoms with E-state index in [1.807, 2.05) is 60.7 Å². The Hall–Kier alpha value is -2.81. The van der Waals surface area contributed by atoms with Gasteiger partial charge >= 0.3 is 5.97 Å². The van der Waals surface area contributed by atoms with Gasteiger partial charge in [0.15, 0.2) is 17.7 Å². The number of carbonyl (C=O) groups is 1. The first-order chi connectivity index (χ1) is 16.1. The highest BCUT2D eigenvalue weighted by Crippen LogP contribution is 2.32. The number of carbonyl (C=O) groups excluding carboxylic acids is 1. The fourth-order valence-corrected chi connectivity index (χ4v) is 4.25. The van der Waals surface area contributed by atoms with Gasteiger partial charge in [-0.3, -0.25) is 4.99 Å². The van der Waals surface area contributed by atoms with Crippen LogP contribution in [-0.2, 0) is 16.0 Å². The molecule has 0 heterocycles. The third-order valence-corrected chi connectivity index (χ3v) is 5.83. The lowest BCUT2D eigenvalue weighted by Crippen LogP contribution is -2.33. The molecule has 3 aromatic rings. The number of benzene rings is 3. The van der Waals surface area contributed by atoms with Crippen LogP contribution in [0.4, 0.5) is 8.78 Å². The van der Waals surface area contributed by atoms with E-state index in [1.54, 1.807) is 43.4 Å². The molecule has 178 valence electrons. The molecule has 0 aliphatic carbocycles. The second-order valence-corrected chi connectivity index (χ2v) is 9.72. The number of aliphatic imine (C=N–C) groups is 1. The molecule has 0 saturated heterocycles. The third-order valence-electron chi connectivity index (χ3n) is 4.87. The van der Waals surface area contributed by atoms with E-state index < -0.39 is 29.2 Å². The van der Waals surface area contributed by atoms with Crippen molar-refractivity contribution in [3.05, 3.63) is 98.6 Å². The molecule has 7 heteroatoms. The van der Waals surface area contributed by atoms with Crippen molar-refractivity contribution in [2.24, 2.45) is 4.99 Å². The van der Waals surface area contributed by atoms with Crippen LogP contribution in [0.3, 0.4) is 0 Å². The Morgan fingerprint density at radius 3 is 2.00 bits per heavy atom. The second-order valence-electron chi connectivity index (χ2n) is 8.64. The highest BCUT2D eigenvalue weighted by atomic mass is 127. The zero-order chi connectivity index (χ0) is 24.9. The summed E-state index contributed by atoms with van der Waals surface area (Å²) in [5.41, 5.74) is 1.79. The lowest BCUT2D eigenvalue weighted by Gasteiger charge is -2.24. The molecular weight excluding hydrogens is 551 g/mol. The number of esters is 1. The predicted octanol–water partition coefficient (Wildman–Crippen LogP) is 6.37. The molecule has 0 N–H and O–H groups in total. The SMILES string of the molecule is COc1c(C[C@@H](N=C(c2ccccc2)c2ccccc2)C(=O)OC(C)(C)C)cc(F)c(F)c1I. The molecule has 0 spiro atoms. The summed E-state index contributed by atoms with van der Waals surface area (Å²) in [5, 5.41) is 0. The first-order valence-electron chi connectivity index (χ1n) is 10.7. The number of hydrogen-bond donors (Lipinski definition) is 0. The molecule has 1 atom stereocenters. The van der Waals surface area contributed by atoms with E-state index in [4.69, 9.17) is 14.5 Å². The normalized spacial score (nSPS) is 12.1. The molecule has 0 aliphatic rings. The van der Waals surface area contributed by atoms with Crippen molar-refractivity contribution < 1.29 is 23.0 Å². The molecule has 3 rings (SSSR count). The Morgan fingerprint density at radius 1 is 1.00 bits per heavy atom. The monoisotopic (exact) mass is 577 g/mol. The van der Waals surface area contributed by atoms with Crippen LogP contribution in [-0.4, -0.2) is 30.4 Å². The van der Waals surface area contributed by atoms with Crippen LogP contribution in [0.25, 0.3) is 0 Å². The fourth-order valence-electron chi connectivity index (χ4n) is 3.42. The summed E-state index contributed by atoms with van der Waals surface area (Å²) in [5.74, 6) is -2.41. The van der Waals surface area contributed by atoms with Crippen LogP contribution < -0.4 is 4.74 Å². The molecule has 0 aliphatic heterocycles. The van der Waals surface area contributed by atoms with Gasteiger partial charge in [0.1, 0.15) is 11.4 Å². The van der Waals surface area contributed by atoms with E-state index in [2.05, 4.69) is 0 Å². The van der Waals surface area contributed by atoms with Crippen LogP contribution in [0.1, 0.15) is 37.5 Å². The Labute approximate surface area is 212 Å². The summed E-state index contributed by atoms with van der Waals surface area (Å²) < 4.78 is 39.4. The van der Waals surface area contributed by atoms with E-state index in [-0.39, 0.29) is 15.7 Å². The van der Waals surface area contributed by atoms with Gasteiger partial charge in [-0.15, -0.1) is 0 Å². The van der Waals surface area contributed by atoms with Crippen LogP contribution in [0, 0.1) is 15.2 Å². The van der Waals surface area contributed by atoms with Gasteiger partial charge in [0.25, 0.3) is 0 Å². The van der Waals surface area contributed by atoms with Gasteiger partial charge in [-0.1, -0.05) is 60.7 Å². The number of ether oxygens (including phenoxy) is 2. The van der Waals surface area contributed by atoms with Crippen LogP contribution in [0.5, 0.6) is 5.75 Å². The maximum absolute atomic E-state index is 14.3. The van der Waals surface area contributed by atoms with Gasteiger partial charge in [-0.05, 0) is 49.4 Å². The maximum atomic E-state index is 14.3. The van der Waals surface area contributed by atoms with Crippen molar-refractivity contribution in [2.75, 3.05) is 7.11 Å². The molecule has 34 heavy (non-hydrogen) atoms. The van der Waals surface area contributed by atoms with E-state index >= 15 is 0 Å². The number of methoxy groups -OCH3 is 1. The molecule has 3 aromatic carbocycles. The summed E-state index contributed by atoms with van der Waals surface area (Å²) in [4.78, 5) is 18.1. The Balaban J connectivity index is 2.16. The van der Waals surface area contributed by atoms with E-state index in [1.165, 1.54) is 7.11 Å². The average Bonchev–Trinajstić information content (AvgIpc) is 2.80. The Morgan fingerprint density at radius 2 is 1.53 bits per heavy atom. The molecule has 0 bridgehead atoms. The summed E-state index contributed by atoms with van der Waals surface area (Å²) in [7, 11) is 1.38. The van der Waals surface area contributed by atoms with Crippen LogP contribution in [0.15, 0.2) is 71.7 Å². The smallest absolute Gasteiger partial charge is 0.331 e. The summed E-state index contributed by atoms with van der Waals surface area (Å²) in [6.07, 6.45) is -0.0333. The van der Waals surface area contributed by atoms with Gasteiger partial charge in [0.05, 0.1) is 16.4 Å². The lowest BCUT2D eigenvalue weighted by atomic mass is 10.00. The minimum atomic E-state index is -1.02. The van der Waals surface area contributed by atoms with Crippen molar-refractivity contribution in [1.82, 2.24) is 0 Å². The largest absolute Gasteiger partial charge is 0.495 e. The summed E-state index contributed by atoms with van der Waals surface area (Å²) in [6.45, 7) is 5.30. The standard InChI is InChI=1S/C27H26F2INO3/c1-27(2,3)34-26(32)21(16-19-15-20(28)22(29)23(30)25(19)33-4)31-24(17-11-7-5-8-12-17)18-13-9-6-10-14-18/h5-15,21H,16H2,1-4H3/t21-/m1/s1. The van der Waals surface area contributed by atoms with Gasteiger partial charge in [0, 0.05) is 23.1 Å². The minimum Gasteiger partial charge on any atom is -0.495 e. The first kappa shape index (κ1) is 25.8. The third kappa shape index (κ3) is 6.40. The second kappa shape index (κ2) is 11.1. The van der Waals surface area contributed by atoms with Crippen molar-refractivity contribution >= 4 is 34.3 Å². The number of halogens is 3. The number of hydrogen-bond acceptors (Lipinski definition) is 4. The fraction of sp³-hybridized carbons (Fsp3) is 0.259. The molecule has 0 amide bonds. The van der Waals surface area contributed by atoms with Crippen molar-refractivity contribution in [3.63, 3.8) is 0 Å². The van der Waals surface area contributed by atoms with Crippen molar-refractivity contribution in [3.8, 4) is 5.75 Å². The Kier molecular flexibility index (Phi) is 8.41. The lowest BCUT2D eigenvalue weighted by molar-refractivity contribution is -0.156. The Bertz CT molecular complexity index is 1130. The van der Waals surface area contributed by atoms with Crippen molar-refractivity contribution in [2.45, 2.75) is 38.8 Å². The molecule has 0 radical (unpaired) electrons. The highest BCUT2D eigenvalue weighted by Gasteiger charge is 2.29. The average molecular weight is 577 g/mol. The molecule has 4 nitrogen and oxygen atoms in total. The van der Waals surface area contributed by atoms with Gasteiger partial charge in [0.2, 0.25) is 0 Å². The van der Waals surface area contributed by atoms with Gasteiger partial charge in [-0.2, -0.15) is 0 Å². The molecule has 0 fully saturated rings. The van der Waals surface area contributed by atoms with Gasteiger partial charge < -0.3 is 9.47 Å². The topological polar surface area (TPSA) is 47.9 Å². The molecular formula is C27H26F2INO3. The minimum absolute atomic E-state index is 0.00774. The van der Waals surface area contributed by atoms with Crippen LogP contribution in [0.2, 0.25) is 0 Å².